The van der Waals surface area contributed by atoms with Crippen LogP contribution in [0.15, 0.2) is 30.3 Å². The quantitative estimate of drug-likeness (QED) is 0.835. The van der Waals surface area contributed by atoms with Crippen LogP contribution in [0.5, 0.6) is 0 Å². The molecule has 3 nitrogen and oxygen atoms in total. The Hall–Kier alpha value is -1.42. The zero-order valence-corrected chi connectivity index (χ0v) is 10.3. The van der Waals surface area contributed by atoms with E-state index in [1.807, 2.05) is 30.0 Å². The van der Waals surface area contributed by atoms with Crippen LogP contribution in [-0.4, -0.2) is 35.7 Å². The Bertz CT molecular complexity index is 425. The second-order valence-corrected chi connectivity index (χ2v) is 5.05. The first-order chi connectivity index (χ1) is 8.27. The molecule has 0 saturated carbocycles. The first-order valence-corrected chi connectivity index (χ1v) is 6.75. The minimum Gasteiger partial charge on any atom is -0.478 e. The van der Waals surface area contributed by atoms with Gasteiger partial charge in [0.05, 0.1) is 0 Å². The summed E-state index contributed by atoms with van der Waals surface area (Å²) in [5, 5.41) is 8.67. The van der Waals surface area contributed by atoms with Crippen LogP contribution in [-0.2, 0) is 4.79 Å². The van der Waals surface area contributed by atoms with Crippen molar-refractivity contribution in [1.82, 2.24) is 0 Å². The van der Waals surface area contributed by atoms with Gasteiger partial charge < -0.3 is 10.0 Å². The average Bonchev–Trinajstić information content (AvgIpc) is 2.38. The molecule has 0 spiro atoms. The van der Waals surface area contributed by atoms with E-state index < -0.39 is 5.97 Å². The van der Waals surface area contributed by atoms with Crippen molar-refractivity contribution >= 4 is 29.5 Å². The van der Waals surface area contributed by atoms with Crippen LogP contribution in [0.4, 0.5) is 5.69 Å². The van der Waals surface area contributed by atoms with Gasteiger partial charge in [-0.15, -0.1) is 0 Å². The van der Waals surface area contributed by atoms with Gasteiger partial charge in [-0.05, 0) is 17.7 Å². The molecule has 0 aromatic heterocycles. The van der Waals surface area contributed by atoms with Gasteiger partial charge in [0, 0.05) is 36.4 Å². The molecule has 0 aliphatic carbocycles. The molecule has 0 unspecified atom stereocenters. The number of carboxylic acids is 1. The van der Waals surface area contributed by atoms with E-state index in [1.165, 1.54) is 6.08 Å². The van der Waals surface area contributed by atoms with Crippen molar-refractivity contribution in [2.45, 2.75) is 0 Å². The summed E-state index contributed by atoms with van der Waals surface area (Å²) in [4.78, 5) is 12.9. The fourth-order valence-electron chi connectivity index (χ4n) is 1.88. The number of nitrogens with zero attached hydrogens (tertiary/aromatic N) is 1. The highest BCUT2D eigenvalue weighted by atomic mass is 32.2. The molecule has 1 saturated heterocycles. The molecule has 1 aliphatic rings. The van der Waals surface area contributed by atoms with E-state index in [-0.39, 0.29) is 0 Å². The third kappa shape index (κ3) is 3.27. The number of rotatable bonds is 3. The van der Waals surface area contributed by atoms with E-state index in [4.69, 9.17) is 5.11 Å². The summed E-state index contributed by atoms with van der Waals surface area (Å²) in [6.07, 6.45) is 2.86. The van der Waals surface area contributed by atoms with Gasteiger partial charge in [-0.1, -0.05) is 18.2 Å². The predicted octanol–water partition coefficient (Wildman–Crippen LogP) is 2.34. The van der Waals surface area contributed by atoms with Gasteiger partial charge in [0.1, 0.15) is 0 Å². The Morgan fingerprint density at radius 3 is 2.71 bits per heavy atom. The summed E-state index contributed by atoms with van der Waals surface area (Å²) in [5.41, 5.74) is 2.10. The fourth-order valence-corrected chi connectivity index (χ4v) is 2.78. The van der Waals surface area contributed by atoms with Crippen LogP contribution in [0.25, 0.3) is 6.08 Å². The number of anilines is 1. The Morgan fingerprint density at radius 1 is 1.29 bits per heavy atom. The number of thioether (sulfide) groups is 1. The van der Waals surface area contributed by atoms with Gasteiger partial charge in [-0.3, -0.25) is 0 Å². The van der Waals surface area contributed by atoms with Gasteiger partial charge in [0.15, 0.2) is 0 Å². The number of aliphatic carboxylic acids is 1. The Labute approximate surface area is 105 Å². The Kier molecular flexibility index (Phi) is 4.09. The summed E-state index contributed by atoms with van der Waals surface area (Å²) in [6, 6.07) is 7.94. The number of carboxylic acid groups (broad SMARTS) is 1. The normalized spacial score (nSPS) is 16.4. The highest BCUT2D eigenvalue weighted by Gasteiger charge is 2.12. The molecular formula is C13H15NO2S. The summed E-state index contributed by atoms with van der Waals surface area (Å²) < 4.78 is 0. The Balaban J connectivity index is 2.23. The minimum atomic E-state index is -0.908. The molecule has 1 heterocycles. The number of carbonyl (C=O) groups is 1. The topological polar surface area (TPSA) is 40.5 Å². The Morgan fingerprint density at radius 2 is 2.00 bits per heavy atom. The van der Waals surface area contributed by atoms with Crippen LogP contribution in [0.3, 0.4) is 0 Å². The lowest BCUT2D eigenvalue weighted by molar-refractivity contribution is -0.131. The average molecular weight is 249 g/mol. The molecule has 0 radical (unpaired) electrons. The molecule has 1 aromatic rings. The van der Waals surface area contributed by atoms with Gasteiger partial charge >= 0.3 is 5.97 Å². The molecule has 1 aromatic carbocycles. The fraction of sp³-hybridized carbons (Fsp3) is 0.308. The molecule has 2 rings (SSSR count). The number of para-hydroxylation sites is 1. The lowest BCUT2D eigenvalue weighted by Crippen LogP contribution is -2.32. The summed E-state index contributed by atoms with van der Waals surface area (Å²) in [7, 11) is 0. The first-order valence-electron chi connectivity index (χ1n) is 5.60. The maximum absolute atomic E-state index is 10.6. The maximum Gasteiger partial charge on any atom is 0.328 e. The number of benzene rings is 1. The van der Waals surface area contributed by atoms with Crippen molar-refractivity contribution < 1.29 is 9.90 Å². The van der Waals surface area contributed by atoms with Crippen molar-refractivity contribution in [3.05, 3.63) is 35.9 Å². The largest absolute Gasteiger partial charge is 0.478 e. The molecule has 17 heavy (non-hydrogen) atoms. The van der Waals surface area contributed by atoms with Crippen LogP contribution in [0, 0.1) is 0 Å². The van der Waals surface area contributed by atoms with E-state index >= 15 is 0 Å². The van der Waals surface area contributed by atoms with Crippen molar-refractivity contribution in [3.8, 4) is 0 Å². The smallest absolute Gasteiger partial charge is 0.328 e. The first kappa shape index (κ1) is 12.0. The van der Waals surface area contributed by atoms with E-state index in [2.05, 4.69) is 11.0 Å². The zero-order chi connectivity index (χ0) is 12.1. The second kappa shape index (κ2) is 5.77. The van der Waals surface area contributed by atoms with Crippen molar-refractivity contribution in [2.75, 3.05) is 29.5 Å². The molecule has 0 bridgehead atoms. The highest BCUT2D eigenvalue weighted by molar-refractivity contribution is 7.99. The summed E-state index contributed by atoms with van der Waals surface area (Å²) >= 11 is 1.96. The molecule has 1 fully saturated rings. The SMILES string of the molecule is O=C(O)/C=C/c1ccccc1N1CCSCC1. The molecule has 4 heteroatoms. The van der Waals surface area contributed by atoms with Crippen LogP contribution in [0.1, 0.15) is 5.56 Å². The van der Waals surface area contributed by atoms with E-state index in [1.54, 1.807) is 6.08 Å². The minimum absolute atomic E-state index is 0.908. The van der Waals surface area contributed by atoms with Crippen molar-refractivity contribution in [2.24, 2.45) is 0 Å². The summed E-state index contributed by atoms with van der Waals surface area (Å²) in [5.74, 6) is 1.36. The molecule has 1 aliphatic heterocycles. The van der Waals surface area contributed by atoms with Gasteiger partial charge in [0.25, 0.3) is 0 Å². The van der Waals surface area contributed by atoms with E-state index in [0.29, 0.717) is 0 Å². The van der Waals surface area contributed by atoms with Crippen LogP contribution in [0.2, 0.25) is 0 Å². The summed E-state index contributed by atoms with van der Waals surface area (Å²) in [6.45, 7) is 2.06. The highest BCUT2D eigenvalue weighted by Crippen LogP contribution is 2.24. The van der Waals surface area contributed by atoms with Crippen LogP contribution < -0.4 is 4.90 Å². The standard InChI is InChI=1S/C13H15NO2S/c15-13(16)6-5-11-3-1-2-4-12(11)14-7-9-17-10-8-14/h1-6H,7-10H2,(H,15,16)/b6-5+. The monoisotopic (exact) mass is 249 g/mol. The van der Waals surface area contributed by atoms with Gasteiger partial charge in [0.2, 0.25) is 0 Å². The molecule has 1 N–H and O–H groups in total. The lowest BCUT2D eigenvalue weighted by Gasteiger charge is -2.29. The van der Waals surface area contributed by atoms with Gasteiger partial charge in [-0.2, -0.15) is 11.8 Å². The third-order valence-corrected chi connectivity index (χ3v) is 3.64. The number of hydrogen-bond acceptors (Lipinski definition) is 3. The maximum atomic E-state index is 10.6. The van der Waals surface area contributed by atoms with Crippen molar-refractivity contribution in [1.29, 1.82) is 0 Å². The lowest BCUT2D eigenvalue weighted by atomic mass is 10.1. The van der Waals surface area contributed by atoms with Gasteiger partial charge in [-0.25, -0.2) is 4.79 Å². The zero-order valence-electron chi connectivity index (χ0n) is 9.50. The predicted molar refractivity (Wildman–Crippen MR) is 72.6 cm³/mol. The molecule has 0 amide bonds. The second-order valence-electron chi connectivity index (χ2n) is 3.83. The van der Waals surface area contributed by atoms with E-state index in [0.717, 1.165) is 35.8 Å². The van der Waals surface area contributed by atoms with E-state index in [9.17, 15) is 4.79 Å². The van der Waals surface area contributed by atoms with Crippen molar-refractivity contribution in [3.63, 3.8) is 0 Å². The molecular weight excluding hydrogens is 234 g/mol. The molecule has 90 valence electrons. The van der Waals surface area contributed by atoms with Crippen LogP contribution >= 0.6 is 11.8 Å². The molecule has 0 atom stereocenters. The number of hydrogen-bond donors (Lipinski definition) is 1. The third-order valence-electron chi connectivity index (χ3n) is 2.69.